The van der Waals surface area contributed by atoms with Crippen molar-refractivity contribution < 1.29 is 27.0 Å². The summed E-state index contributed by atoms with van der Waals surface area (Å²) < 4.78 is 70.3. The van der Waals surface area contributed by atoms with Gasteiger partial charge in [0, 0.05) is 22.6 Å². The molecular weight excluding hydrogens is 504 g/mol. The Bertz CT molecular complexity index is 1260. The Balaban J connectivity index is 1.43. The van der Waals surface area contributed by atoms with Crippen LogP contribution in [0.15, 0.2) is 54.6 Å². The first-order chi connectivity index (χ1) is 18.9. The zero-order valence-corrected chi connectivity index (χ0v) is 22.6. The Morgan fingerprint density at radius 3 is 2.05 bits per heavy atom. The molecule has 0 saturated carbocycles. The summed E-state index contributed by atoms with van der Waals surface area (Å²) in [7, 11) is 0. The highest BCUT2D eigenvalue weighted by Crippen LogP contribution is 2.33. The van der Waals surface area contributed by atoms with Crippen LogP contribution in [0.2, 0.25) is 0 Å². The van der Waals surface area contributed by atoms with Crippen molar-refractivity contribution in [3.63, 3.8) is 0 Å². The van der Waals surface area contributed by atoms with E-state index in [-0.39, 0.29) is 35.0 Å². The lowest BCUT2D eigenvalue weighted by atomic mass is 9.94. The van der Waals surface area contributed by atoms with Gasteiger partial charge in [0.1, 0.15) is 0 Å². The fourth-order valence-electron chi connectivity index (χ4n) is 4.89. The van der Waals surface area contributed by atoms with Gasteiger partial charge in [-0.2, -0.15) is 4.39 Å². The topological polar surface area (TPSA) is 18.5 Å². The standard InChI is InChI=1S/C33H36F4O2/c1-3-5-6-7-26-16-9-22(21-39-26)8-10-25-15-17-27(31(35)30(25)34)23-11-13-24(14-12-23)28-18-19-29(38-20-4-2)33(37)32(28)36/h8,10-15,17-19,22,26H,3-7,9,16,20-21H2,1-2H3/b10-8+. The van der Waals surface area contributed by atoms with Gasteiger partial charge in [0.15, 0.2) is 23.2 Å². The molecule has 1 aliphatic heterocycles. The molecule has 2 nitrogen and oxygen atoms in total. The number of ether oxygens (including phenoxy) is 2. The summed E-state index contributed by atoms with van der Waals surface area (Å²) >= 11 is 0. The van der Waals surface area contributed by atoms with Crippen molar-refractivity contribution in [2.24, 2.45) is 5.92 Å². The fourth-order valence-corrected chi connectivity index (χ4v) is 4.89. The maximum absolute atomic E-state index is 15.0. The van der Waals surface area contributed by atoms with E-state index in [0.29, 0.717) is 30.3 Å². The van der Waals surface area contributed by atoms with Crippen molar-refractivity contribution >= 4 is 6.08 Å². The second-order valence-corrected chi connectivity index (χ2v) is 10.1. The molecular formula is C33H36F4O2. The molecule has 6 heteroatoms. The molecule has 2 atom stereocenters. The minimum atomic E-state index is -1.05. The van der Waals surface area contributed by atoms with E-state index in [0.717, 1.165) is 19.3 Å². The van der Waals surface area contributed by atoms with Crippen LogP contribution in [0.25, 0.3) is 28.3 Å². The minimum Gasteiger partial charge on any atom is -0.490 e. The molecule has 2 unspecified atom stereocenters. The number of hydrogen-bond acceptors (Lipinski definition) is 2. The molecule has 4 rings (SSSR count). The van der Waals surface area contributed by atoms with Crippen LogP contribution in [0.4, 0.5) is 17.6 Å². The van der Waals surface area contributed by atoms with Gasteiger partial charge in [-0.25, -0.2) is 13.2 Å². The van der Waals surface area contributed by atoms with Crippen LogP contribution in [0.3, 0.4) is 0 Å². The van der Waals surface area contributed by atoms with E-state index in [1.807, 2.05) is 13.0 Å². The third-order valence-electron chi connectivity index (χ3n) is 7.21. The van der Waals surface area contributed by atoms with Gasteiger partial charge in [-0.15, -0.1) is 0 Å². The monoisotopic (exact) mass is 540 g/mol. The maximum Gasteiger partial charge on any atom is 0.201 e. The van der Waals surface area contributed by atoms with Crippen molar-refractivity contribution in [1.82, 2.24) is 0 Å². The Hall–Kier alpha value is -3.12. The van der Waals surface area contributed by atoms with E-state index in [1.54, 1.807) is 36.4 Å². The third kappa shape index (κ3) is 7.10. The van der Waals surface area contributed by atoms with Gasteiger partial charge in [0.25, 0.3) is 0 Å². The number of rotatable bonds is 11. The first-order valence-electron chi connectivity index (χ1n) is 13.9. The summed E-state index contributed by atoms with van der Waals surface area (Å²) in [5, 5.41) is 0. The van der Waals surface area contributed by atoms with Crippen LogP contribution in [0, 0.1) is 29.2 Å². The molecule has 0 N–H and O–H groups in total. The lowest BCUT2D eigenvalue weighted by molar-refractivity contribution is -0.00915. The zero-order valence-electron chi connectivity index (χ0n) is 22.6. The molecule has 3 aromatic carbocycles. The molecule has 0 amide bonds. The first kappa shape index (κ1) is 28.9. The Labute approximate surface area is 228 Å². The SMILES string of the molecule is CCCCCC1CCC(/C=C/c2ccc(-c3ccc(-c4ccc(OCCC)c(F)c4F)cc3)c(F)c2F)CO1. The van der Waals surface area contributed by atoms with Crippen molar-refractivity contribution in [1.29, 1.82) is 0 Å². The number of hydrogen-bond donors (Lipinski definition) is 0. The Morgan fingerprint density at radius 1 is 0.769 bits per heavy atom. The van der Waals surface area contributed by atoms with Crippen LogP contribution >= 0.6 is 0 Å². The molecule has 3 aromatic rings. The van der Waals surface area contributed by atoms with E-state index >= 15 is 4.39 Å². The normalized spacial score (nSPS) is 17.6. The second kappa shape index (κ2) is 13.8. The summed E-state index contributed by atoms with van der Waals surface area (Å²) in [6.07, 6.45) is 11.1. The van der Waals surface area contributed by atoms with E-state index in [1.165, 1.54) is 37.5 Å². The molecule has 1 saturated heterocycles. The highest BCUT2D eigenvalue weighted by Gasteiger charge is 2.21. The lowest BCUT2D eigenvalue weighted by Crippen LogP contribution is -2.24. The van der Waals surface area contributed by atoms with Crippen molar-refractivity contribution in [2.45, 2.75) is 64.9 Å². The predicted molar refractivity (Wildman–Crippen MR) is 149 cm³/mol. The van der Waals surface area contributed by atoms with Gasteiger partial charge >= 0.3 is 0 Å². The van der Waals surface area contributed by atoms with Crippen LogP contribution in [-0.4, -0.2) is 19.3 Å². The molecule has 39 heavy (non-hydrogen) atoms. The van der Waals surface area contributed by atoms with Crippen molar-refractivity contribution in [3.8, 4) is 28.0 Å². The number of benzene rings is 3. The molecule has 0 spiro atoms. The molecule has 208 valence electrons. The number of halogens is 4. The quantitative estimate of drug-likeness (QED) is 0.178. The van der Waals surface area contributed by atoms with Gasteiger partial charge < -0.3 is 9.47 Å². The largest absolute Gasteiger partial charge is 0.490 e. The van der Waals surface area contributed by atoms with Crippen LogP contribution < -0.4 is 4.74 Å². The van der Waals surface area contributed by atoms with E-state index in [4.69, 9.17) is 9.47 Å². The summed E-state index contributed by atoms with van der Waals surface area (Å²) in [6.45, 7) is 4.94. The zero-order chi connectivity index (χ0) is 27.8. The van der Waals surface area contributed by atoms with Gasteiger partial charge in [-0.05, 0) is 48.9 Å². The molecule has 1 fully saturated rings. The Kier molecular flexibility index (Phi) is 10.2. The van der Waals surface area contributed by atoms with Gasteiger partial charge in [-0.3, -0.25) is 0 Å². The minimum absolute atomic E-state index is 0.0639. The van der Waals surface area contributed by atoms with Gasteiger partial charge in [0.2, 0.25) is 5.82 Å². The van der Waals surface area contributed by atoms with Crippen LogP contribution in [-0.2, 0) is 4.74 Å². The average molecular weight is 541 g/mol. The van der Waals surface area contributed by atoms with Crippen LogP contribution in [0.5, 0.6) is 5.75 Å². The summed E-state index contributed by atoms with van der Waals surface area (Å²) in [5.74, 6) is -3.88. The average Bonchev–Trinajstić information content (AvgIpc) is 2.96. The highest BCUT2D eigenvalue weighted by molar-refractivity contribution is 5.72. The van der Waals surface area contributed by atoms with Gasteiger partial charge in [-0.1, -0.05) is 81.7 Å². The first-order valence-corrected chi connectivity index (χ1v) is 13.9. The molecule has 1 heterocycles. The van der Waals surface area contributed by atoms with E-state index in [2.05, 4.69) is 6.92 Å². The van der Waals surface area contributed by atoms with Gasteiger partial charge in [0.05, 0.1) is 19.3 Å². The summed E-state index contributed by atoms with van der Waals surface area (Å²) in [6, 6.07) is 12.2. The highest BCUT2D eigenvalue weighted by atomic mass is 19.2. The molecule has 0 radical (unpaired) electrons. The molecule has 0 bridgehead atoms. The van der Waals surface area contributed by atoms with E-state index in [9.17, 15) is 13.2 Å². The number of unbranched alkanes of at least 4 members (excludes halogenated alkanes) is 2. The summed E-state index contributed by atoms with van der Waals surface area (Å²) in [4.78, 5) is 0. The fraction of sp³-hybridized carbons (Fsp3) is 0.394. The van der Waals surface area contributed by atoms with Crippen molar-refractivity contribution in [2.75, 3.05) is 13.2 Å². The molecule has 0 aromatic heterocycles. The smallest absolute Gasteiger partial charge is 0.201 e. The van der Waals surface area contributed by atoms with E-state index < -0.39 is 23.3 Å². The Morgan fingerprint density at radius 2 is 1.44 bits per heavy atom. The molecule has 0 aliphatic carbocycles. The summed E-state index contributed by atoms with van der Waals surface area (Å²) in [5.41, 5.74) is 1.20. The second-order valence-electron chi connectivity index (χ2n) is 10.1. The molecule has 1 aliphatic rings. The lowest BCUT2D eigenvalue weighted by Gasteiger charge is -2.27. The van der Waals surface area contributed by atoms with Crippen molar-refractivity contribution in [3.05, 3.63) is 83.4 Å². The predicted octanol–water partition coefficient (Wildman–Crippen LogP) is 9.75. The third-order valence-corrected chi connectivity index (χ3v) is 7.21. The maximum atomic E-state index is 15.0. The van der Waals surface area contributed by atoms with Crippen LogP contribution in [0.1, 0.15) is 64.4 Å².